The van der Waals surface area contributed by atoms with Crippen molar-refractivity contribution in [1.82, 2.24) is 0 Å². The van der Waals surface area contributed by atoms with Gasteiger partial charge in [0, 0.05) is 22.3 Å². The minimum Gasteiger partial charge on any atom is -0.125 e. The van der Waals surface area contributed by atoms with Gasteiger partial charge in [0.1, 0.15) is 32.3 Å². The molecule has 6 aromatic carbocycles. The highest BCUT2D eigenvalue weighted by Gasteiger charge is 2.45. The third-order valence-electron chi connectivity index (χ3n) is 20.4. The van der Waals surface area contributed by atoms with Crippen molar-refractivity contribution in [3.63, 3.8) is 0 Å². The average molecular weight is 1130 g/mol. The van der Waals surface area contributed by atoms with E-state index >= 15 is 0 Å². The smallest absolute Gasteiger partial charge is 0.125 e. The summed E-state index contributed by atoms with van der Waals surface area (Å²) < 4.78 is 0. The molecule has 0 unspecified atom stereocenters. The van der Waals surface area contributed by atoms with E-state index < -0.39 is 32.3 Å². The summed E-state index contributed by atoms with van der Waals surface area (Å²) in [6.07, 6.45) is 9.50. The van der Waals surface area contributed by atoms with E-state index in [-0.39, 0.29) is 0 Å². The quantitative estimate of drug-likeness (QED) is 0.0651. The molecule has 0 nitrogen and oxygen atoms in total. The molecule has 0 aliphatic heterocycles. The summed E-state index contributed by atoms with van der Waals surface area (Å²) in [4.78, 5) is 0. The average Bonchev–Trinajstić information content (AvgIpc) is 3.37. The molecule has 0 bridgehead atoms. The zero-order valence-corrected chi connectivity index (χ0v) is 58.2. The van der Waals surface area contributed by atoms with Crippen molar-refractivity contribution in [2.75, 3.05) is 0 Å². The van der Waals surface area contributed by atoms with Gasteiger partial charge in [-0.05, 0) is 155 Å². The molecule has 80 heavy (non-hydrogen) atoms. The van der Waals surface area contributed by atoms with Crippen molar-refractivity contribution in [2.45, 2.75) is 233 Å². The fourth-order valence-electron chi connectivity index (χ4n) is 16.4. The highest BCUT2D eigenvalue weighted by atomic mass is 28.3. The third-order valence-corrected chi connectivity index (χ3v) is 45.6. The van der Waals surface area contributed by atoms with Crippen LogP contribution in [-0.4, -0.2) is 32.3 Å². The van der Waals surface area contributed by atoms with E-state index in [9.17, 15) is 0 Å². The lowest BCUT2D eigenvalue weighted by Crippen LogP contribution is -2.43. The predicted molar refractivity (Wildman–Crippen MR) is 371 cm³/mol. The van der Waals surface area contributed by atoms with Crippen molar-refractivity contribution in [2.24, 2.45) is 0 Å². The molecule has 0 fully saturated rings. The first-order valence-corrected chi connectivity index (χ1v) is 40.0. The molecule has 6 aromatic rings. The van der Waals surface area contributed by atoms with Crippen LogP contribution in [0.2, 0.25) is 66.5 Å². The third kappa shape index (κ3) is 10.8. The van der Waals surface area contributed by atoms with E-state index in [1.54, 1.807) is 0 Å². The SMILES string of the molecule is CC(C)[Si](C#Cc1c2ccccc2c(C#C[Si](C(C)C)(C(C)C)C(C)C)c2cc3/c(cc12)=C\C=c1\cc2c(C#C[Si](C(C)C)(C(C)C)C(C)C)c4ccccc4c(C#C[Si](C(C)C)(C(C)C)C(C)C)c2c\c1=C\C=3)(C(C)C)C(C)C. The first-order chi connectivity index (χ1) is 37.6. The van der Waals surface area contributed by atoms with Crippen LogP contribution >= 0.6 is 0 Å². The van der Waals surface area contributed by atoms with Gasteiger partial charge in [-0.3, -0.25) is 0 Å². The minimum atomic E-state index is -2.10. The van der Waals surface area contributed by atoms with Crippen LogP contribution in [0.3, 0.4) is 0 Å². The lowest BCUT2D eigenvalue weighted by atomic mass is 9.90. The van der Waals surface area contributed by atoms with Gasteiger partial charge in [-0.15, -0.1) is 22.2 Å². The lowest BCUT2D eigenvalue weighted by molar-refractivity contribution is 0.838. The number of hydrogen-bond acceptors (Lipinski definition) is 0. The molecule has 1 aliphatic carbocycles. The number of benzene rings is 6. The Bertz CT molecular complexity index is 3260. The van der Waals surface area contributed by atoms with Crippen LogP contribution < -0.4 is 20.9 Å². The van der Waals surface area contributed by atoms with Crippen LogP contribution in [0.1, 0.15) is 188 Å². The molecule has 0 heterocycles. The van der Waals surface area contributed by atoms with Crippen LogP contribution in [0.15, 0.2) is 72.8 Å². The summed E-state index contributed by atoms with van der Waals surface area (Å²) in [5.41, 5.74) is 27.6. The van der Waals surface area contributed by atoms with Crippen molar-refractivity contribution in [3.8, 4) is 45.9 Å². The van der Waals surface area contributed by atoms with Gasteiger partial charge in [-0.2, -0.15) is 0 Å². The molecule has 0 amide bonds. The van der Waals surface area contributed by atoms with Crippen LogP contribution in [0.5, 0.6) is 0 Å². The monoisotopic (exact) mass is 1120 g/mol. The lowest BCUT2D eigenvalue weighted by Gasteiger charge is -2.38. The van der Waals surface area contributed by atoms with Gasteiger partial charge in [0.15, 0.2) is 0 Å². The fourth-order valence-corrected chi connectivity index (χ4v) is 37.2. The van der Waals surface area contributed by atoms with Gasteiger partial charge in [-0.25, -0.2) is 0 Å². The topological polar surface area (TPSA) is 0 Å². The first kappa shape index (κ1) is 62.5. The largest absolute Gasteiger partial charge is 0.146 e. The Labute approximate surface area is 490 Å². The Hall–Kier alpha value is -5.05. The van der Waals surface area contributed by atoms with Gasteiger partial charge in [0.05, 0.1) is 0 Å². The molecule has 4 heteroatoms. The van der Waals surface area contributed by atoms with E-state index in [0.717, 1.165) is 22.3 Å². The van der Waals surface area contributed by atoms with E-state index in [4.69, 9.17) is 0 Å². The zero-order chi connectivity index (χ0) is 59.1. The Balaban J connectivity index is 1.69. The maximum absolute atomic E-state index is 4.19. The Morgan fingerprint density at radius 3 is 0.512 bits per heavy atom. The van der Waals surface area contributed by atoms with Crippen LogP contribution in [-0.2, 0) is 0 Å². The standard InChI is InChI=1S/C76H100Si4/c1-49(2)77(50(3)4,51(5)6)41-37-69-65-29-25-26-30-66(65)70(38-42-78(52(7)8,53(9)10)54(11)12)74-46-62-35-36-64-48-76-72(40-44-80(58(19)20,59(21)22)60(23)24)68-32-28-27-31-67(68)71(39-43-79(55(13)14,56(15)16)57(17)18)75(76)47-63(64)34-33-61(62)45-73(69)74/h25-36,45-60H,1-24H3/b34-33?,36-35?,61-33-,62-35-,63-34-,64-36-. The first-order valence-electron chi connectivity index (χ1n) is 31.1. The molecule has 7 rings (SSSR count). The van der Waals surface area contributed by atoms with Crippen molar-refractivity contribution in [1.29, 1.82) is 0 Å². The summed E-state index contributed by atoms with van der Waals surface area (Å²) in [7, 11) is -8.38. The summed E-state index contributed by atoms with van der Waals surface area (Å²) in [6, 6.07) is 27.9. The second-order valence-corrected chi connectivity index (χ2v) is 50.2. The highest BCUT2D eigenvalue weighted by Crippen LogP contribution is 2.45. The van der Waals surface area contributed by atoms with Crippen LogP contribution in [0.25, 0.3) is 67.4 Å². The molecule has 0 aromatic heterocycles. The molecule has 420 valence electrons. The number of rotatable bonds is 12. The van der Waals surface area contributed by atoms with Crippen LogP contribution in [0.4, 0.5) is 0 Å². The number of hydrogen-bond donors (Lipinski definition) is 0. The molecular weight excluding hydrogens is 1030 g/mol. The maximum atomic E-state index is 4.19. The molecule has 0 saturated heterocycles. The molecule has 1 aliphatic rings. The molecule has 0 radical (unpaired) electrons. The highest BCUT2D eigenvalue weighted by molar-refractivity contribution is 6.92. The summed E-state index contributed by atoms with van der Waals surface area (Å²) >= 11 is 0. The summed E-state index contributed by atoms with van der Waals surface area (Å²) in [6.45, 7) is 58.2. The van der Waals surface area contributed by atoms with Crippen molar-refractivity contribution in [3.05, 3.63) is 116 Å². The zero-order valence-electron chi connectivity index (χ0n) is 54.2. The molecule has 0 atom stereocenters. The second-order valence-electron chi connectivity index (χ2n) is 27.9. The molecular formula is C76H100Si4. The normalized spacial score (nSPS) is 15.1. The van der Waals surface area contributed by atoms with E-state index in [2.05, 4.69) is 309 Å². The van der Waals surface area contributed by atoms with Gasteiger partial charge < -0.3 is 0 Å². The van der Waals surface area contributed by atoms with Gasteiger partial charge >= 0.3 is 0 Å². The van der Waals surface area contributed by atoms with E-state index in [1.807, 2.05) is 0 Å². The Kier molecular flexibility index (Phi) is 19.1. The summed E-state index contributed by atoms with van der Waals surface area (Å²) in [5, 5.41) is 14.4. The minimum absolute atomic E-state index is 0.525. The second kappa shape index (κ2) is 24.4. The van der Waals surface area contributed by atoms with E-state index in [1.165, 1.54) is 64.0 Å². The van der Waals surface area contributed by atoms with Gasteiger partial charge in [-0.1, -0.05) is 263 Å². The fraction of sp³-hybridized carbons (Fsp3) is 0.474. The summed E-state index contributed by atoms with van der Waals surface area (Å²) in [5.74, 6) is 16.2. The van der Waals surface area contributed by atoms with Crippen molar-refractivity contribution < 1.29 is 0 Å². The molecule has 0 N–H and O–H groups in total. The number of fused-ring (bicyclic) bond motifs is 6. The maximum Gasteiger partial charge on any atom is 0.146 e. The molecule has 0 saturated carbocycles. The van der Waals surface area contributed by atoms with E-state index in [0.29, 0.717) is 66.5 Å². The van der Waals surface area contributed by atoms with Crippen molar-refractivity contribution >= 4 is 99.7 Å². The molecule has 0 spiro atoms. The van der Waals surface area contributed by atoms with Gasteiger partial charge in [0.2, 0.25) is 0 Å². The Morgan fingerprint density at radius 1 is 0.225 bits per heavy atom. The van der Waals surface area contributed by atoms with Gasteiger partial charge in [0.25, 0.3) is 0 Å². The Morgan fingerprint density at radius 2 is 0.375 bits per heavy atom. The van der Waals surface area contributed by atoms with Crippen LogP contribution in [0, 0.1) is 45.9 Å². The predicted octanol–water partition coefficient (Wildman–Crippen LogP) is 19.4.